The SMILES string of the molecule is CCn1ncc(N)c1C(=O)Nc1ccnn1C(C)C. The molecule has 0 spiro atoms. The van der Waals surface area contributed by atoms with Gasteiger partial charge < -0.3 is 11.1 Å². The minimum absolute atomic E-state index is 0.165. The largest absolute Gasteiger partial charge is 0.396 e. The van der Waals surface area contributed by atoms with Crippen molar-refractivity contribution in [2.75, 3.05) is 11.1 Å². The average molecular weight is 262 g/mol. The van der Waals surface area contributed by atoms with Crippen LogP contribution in [0, 0.1) is 0 Å². The number of hydrogen-bond donors (Lipinski definition) is 2. The van der Waals surface area contributed by atoms with Crippen molar-refractivity contribution in [2.45, 2.75) is 33.4 Å². The van der Waals surface area contributed by atoms with Gasteiger partial charge in [-0.05, 0) is 20.8 Å². The highest BCUT2D eigenvalue weighted by Crippen LogP contribution is 2.16. The molecular formula is C12H18N6O. The van der Waals surface area contributed by atoms with Crippen LogP contribution < -0.4 is 11.1 Å². The van der Waals surface area contributed by atoms with Crippen molar-refractivity contribution in [1.82, 2.24) is 19.6 Å². The molecule has 2 rings (SSSR count). The van der Waals surface area contributed by atoms with Crippen LogP contribution in [-0.2, 0) is 6.54 Å². The number of anilines is 2. The molecule has 0 aliphatic heterocycles. The topological polar surface area (TPSA) is 90.8 Å². The minimum Gasteiger partial charge on any atom is -0.396 e. The number of hydrogen-bond acceptors (Lipinski definition) is 4. The van der Waals surface area contributed by atoms with E-state index >= 15 is 0 Å². The Balaban J connectivity index is 2.26. The molecule has 0 aliphatic carbocycles. The molecule has 2 aromatic heterocycles. The standard InChI is InChI=1S/C12H18N6O/c1-4-17-11(9(13)7-15-17)12(19)16-10-5-6-14-18(10)8(2)3/h5-8H,4,13H2,1-3H3,(H,16,19). The Hall–Kier alpha value is -2.31. The van der Waals surface area contributed by atoms with E-state index < -0.39 is 0 Å². The Bertz CT molecular complexity index is 583. The highest BCUT2D eigenvalue weighted by atomic mass is 16.2. The number of amides is 1. The van der Waals surface area contributed by atoms with E-state index in [4.69, 9.17) is 5.73 Å². The molecule has 2 heterocycles. The summed E-state index contributed by atoms with van der Waals surface area (Å²) >= 11 is 0. The number of nitrogens with zero attached hydrogens (tertiary/aromatic N) is 4. The Morgan fingerprint density at radius 2 is 2.21 bits per heavy atom. The van der Waals surface area contributed by atoms with Crippen LogP contribution in [0.4, 0.5) is 11.5 Å². The van der Waals surface area contributed by atoms with E-state index in [1.54, 1.807) is 21.6 Å². The third kappa shape index (κ3) is 2.44. The van der Waals surface area contributed by atoms with Gasteiger partial charge in [0.15, 0.2) is 0 Å². The molecule has 1 amide bonds. The fourth-order valence-electron chi connectivity index (χ4n) is 1.89. The lowest BCUT2D eigenvalue weighted by atomic mass is 10.3. The van der Waals surface area contributed by atoms with Gasteiger partial charge in [-0.15, -0.1) is 0 Å². The second-order valence-electron chi connectivity index (χ2n) is 4.47. The van der Waals surface area contributed by atoms with Crippen molar-refractivity contribution in [3.8, 4) is 0 Å². The van der Waals surface area contributed by atoms with Crippen molar-refractivity contribution in [2.24, 2.45) is 0 Å². The molecule has 0 atom stereocenters. The van der Waals surface area contributed by atoms with Crippen LogP contribution in [0.2, 0.25) is 0 Å². The van der Waals surface area contributed by atoms with Crippen LogP contribution in [0.3, 0.4) is 0 Å². The van der Waals surface area contributed by atoms with Crippen molar-refractivity contribution in [3.63, 3.8) is 0 Å². The summed E-state index contributed by atoms with van der Waals surface area (Å²) in [5.41, 5.74) is 6.52. The monoisotopic (exact) mass is 262 g/mol. The summed E-state index contributed by atoms with van der Waals surface area (Å²) in [6.45, 7) is 6.48. The number of aryl methyl sites for hydroxylation is 1. The highest BCUT2D eigenvalue weighted by molar-refractivity contribution is 6.06. The number of rotatable bonds is 4. The van der Waals surface area contributed by atoms with Gasteiger partial charge in [0.25, 0.3) is 5.91 Å². The molecule has 7 heteroatoms. The van der Waals surface area contributed by atoms with Gasteiger partial charge in [-0.25, -0.2) is 4.68 Å². The molecule has 0 unspecified atom stereocenters. The van der Waals surface area contributed by atoms with Gasteiger partial charge in [0.1, 0.15) is 11.5 Å². The number of nitrogens with one attached hydrogen (secondary N) is 1. The molecule has 0 saturated carbocycles. The number of carbonyl (C=O) groups is 1. The van der Waals surface area contributed by atoms with Gasteiger partial charge in [-0.3, -0.25) is 9.48 Å². The lowest BCUT2D eigenvalue weighted by molar-refractivity contribution is 0.101. The van der Waals surface area contributed by atoms with Crippen molar-refractivity contribution in [3.05, 3.63) is 24.2 Å². The zero-order valence-corrected chi connectivity index (χ0v) is 11.3. The Morgan fingerprint density at radius 3 is 2.84 bits per heavy atom. The number of carbonyl (C=O) groups excluding carboxylic acids is 1. The molecular weight excluding hydrogens is 244 g/mol. The van der Waals surface area contributed by atoms with E-state index in [9.17, 15) is 4.79 Å². The van der Waals surface area contributed by atoms with E-state index in [-0.39, 0.29) is 11.9 Å². The van der Waals surface area contributed by atoms with Crippen LogP contribution in [-0.4, -0.2) is 25.5 Å². The van der Waals surface area contributed by atoms with E-state index in [0.717, 1.165) is 0 Å². The minimum atomic E-state index is -0.278. The van der Waals surface area contributed by atoms with Gasteiger partial charge in [0.05, 0.1) is 18.1 Å². The summed E-state index contributed by atoms with van der Waals surface area (Å²) in [5.74, 6) is 0.363. The summed E-state index contributed by atoms with van der Waals surface area (Å²) in [6, 6.07) is 1.92. The summed E-state index contributed by atoms with van der Waals surface area (Å²) < 4.78 is 3.31. The summed E-state index contributed by atoms with van der Waals surface area (Å²) in [5, 5.41) is 11.0. The Morgan fingerprint density at radius 1 is 1.47 bits per heavy atom. The van der Waals surface area contributed by atoms with Crippen LogP contribution in [0.15, 0.2) is 18.5 Å². The first-order chi connectivity index (χ1) is 9.04. The molecule has 102 valence electrons. The smallest absolute Gasteiger partial charge is 0.277 e. The Kier molecular flexibility index (Phi) is 3.55. The van der Waals surface area contributed by atoms with Gasteiger partial charge in [-0.1, -0.05) is 0 Å². The van der Waals surface area contributed by atoms with Crippen LogP contribution in [0.5, 0.6) is 0 Å². The van der Waals surface area contributed by atoms with E-state index in [1.807, 2.05) is 20.8 Å². The average Bonchev–Trinajstić information content (AvgIpc) is 2.95. The molecule has 0 radical (unpaired) electrons. The lowest BCUT2D eigenvalue weighted by Gasteiger charge is -2.12. The van der Waals surface area contributed by atoms with Crippen molar-refractivity contribution >= 4 is 17.4 Å². The van der Waals surface area contributed by atoms with Gasteiger partial charge in [-0.2, -0.15) is 10.2 Å². The highest BCUT2D eigenvalue weighted by Gasteiger charge is 2.18. The molecule has 0 saturated heterocycles. The number of nitrogen functional groups attached to an aromatic ring is 1. The summed E-state index contributed by atoms with van der Waals surface area (Å²) in [7, 11) is 0. The third-order valence-electron chi connectivity index (χ3n) is 2.78. The first-order valence-electron chi connectivity index (χ1n) is 6.20. The third-order valence-corrected chi connectivity index (χ3v) is 2.78. The van der Waals surface area contributed by atoms with Crippen molar-refractivity contribution < 1.29 is 4.79 Å². The van der Waals surface area contributed by atoms with Gasteiger partial charge >= 0.3 is 0 Å². The van der Waals surface area contributed by atoms with Crippen LogP contribution in [0.25, 0.3) is 0 Å². The zero-order valence-electron chi connectivity index (χ0n) is 11.3. The summed E-state index contributed by atoms with van der Waals surface area (Å²) in [6.07, 6.45) is 3.13. The van der Waals surface area contributed by atoms with E-state index in [1.165, 1.54) is 6.20 Å². The predicted octanol–water partition coefficient (Wildman–Crippen LogP) is 1.51. The van der Waals surface area contributed by atoms with Crippen LogP contribution >= 0.6 is 0 Å². The molecule has 0 aromatic carbocycles. The summed E-state index contributed by atoms with van der Waals surface area (Å²) in [4.78, 5) is 12.3. The van der Waals surface area contributed by atoms with Gasteiger partial charge in [0, 0.05) is 18.7 Å². The second kappa shape index (κ2) is 5.13. The normalized spacial score (nSPS) is 10.9. The molecule has 2 aromatic rings. The molecule has 0 bridgehead atoms. The number of nitrogens with two attached hydrogens (primary N) is 1. The fraction of sp³-hybridized carbons (Fsp3) is 0.417. The number of aromatic nitrogens is 4. The van der Waals surface area contributed by atoms with Gasteiger partial charge in [0.2, 0.25) is 0 Å². The maximum atomic E-state index is 12.3. The zero-order chi connectivity index (χ0) is 14.0. The lowest BCUT2D eigenvalue weighted by Crippen LogP contribution is -2.21. The van der Waals surface area contributed by atoms with E-state index in [0.29, 0.717) is 23.7 Å². The maximum absolute atomic E-state index is 12.3. The Labute approximate surface area is 111 Å². The second-order valence-corrected chi connectivity index (χ2v) is 4.47. The quantitative estimate of drug-likeness (QED) is 0.873. The first kappa shape index (κ1) is 13.1. The van der Waals surface area contributed by atoms with Crippen molar-refractivity contribution in [1.29, 1.82) is 0 Å². The molecule has 19 heavy (non-hydrogen) atoms. The molecule has 7 nitrogen and oxygen atoms in total. The molecule has 0 fully saturated rings. The van der Waals surface area contributed by atoms with E-state index in [2.05, 4.69) is 15.5 Å². The maximum Gasteiger partial charge on any atom is 0.277 e. The first-order valence-corrected chi connectivity index (χ1v) is 6.20. The fourth-order valence-corrected chi connectivity index (χ4v) is 1.89. The molecule has 3 N–H and O–H groups in total. The molecule has 0 aliphatic rings. The predicted molar refractivity (Wildman–Crippen MR) is 72.9 cm³/mol. The van der Waals surface area contributed by atoms with Crippen LogP contribution in [0.1, 0.15) is 37.3 Å².